The maximum absolute atomic E-state index is 10.9. The van der Waals surface area contributed by atoms with Gasteiger partial charge in [-0.25, -0.2) is 0 Å². The molecule has 1 saturated heterocycles. The molecule has 4 heteroatoms. The lowest BCUT2D eigenvalue weighted by Gasteiger charge is -2.30. The van der Waals surface area contributed by atoms with Gasteiger partial charge >= 0.3 is 5.97 Å². The third-order valence-electron chi connectivity index (χ3n) is 3.24. The Balaban J connectivity index is 1.99. The molecule has 1 aromatic carbocycles. The number of likely N-dealkylation sites (tertiary alicyclic amines) is 1. The van der Waals surface area contributed by atoms with E-state index in [1.807, 2.05) is 12.1 Å². The van der Waals surface area contributed by atoms with Crippen LogP contribution in [0, 0.1) is 5.92 Å². The Hall–Kier alpha value is -1.55. The smallest absolute Gasteiger partial charge is 0.307 e. The lowest BCUT2D eigenvalue weighted by molar-refractivity contribution is -0.143. The topological polar surface area (TPSA) is 60.8 Å². The van der Waals surface area contributed by atoms with Crippen molar-refractivity contribution in [1.82, 2.24) is 4.90 Å². The largest absolute Gasteiger partial charge is 0.508 e. The summed E-state index contributed by atoms with van der Waals surface area (Å²) >= 11 is 0. The molecular formula is C13H17NO3. The molecule has 0 spiro atoms. The van der Waals surface area contributed by atoms with Crippen LogP contribution in [-0.2, 0) is 11.3 Å². The molecule has 1 fully saturated rings. The molecular weight excluding hydrogens is 218 g/mol. The van der Waals surface area contributed by atoms with Crippen LogP contribution in [0.25, 0.3) is 0 Å². The van der Waals surface area contributed by atoms with Crippen LogP contribution in [0.1, 0.15) is 18.4 Å². The highest BCUT2D eigenvalue weighted by Gasteiger charge is 2.25. The number of benzene rings is 1. The molecule has 0 amide bonds. The van der Waals surface area contributed by atoms with Crippen molar-refractivity contribution in [1.29, 1.82) is 0 Å². The Morgan fingerprint density at radius 2 is 2.18 bits per heavy atom. The Bertz CT molecular complexity index is 405. The normalized spacial score (nSPS) is 21.3. The highest BCUT2D eigenvalue weighted by Crippen LogP contribution is 2.22. The summed E-state index contributed by atoms with van der Waals surface area (Å²) in [5.74, 6) is -0.702. The maximum Gasteiger partial charge on any atom is 0.307 e. The summed E-state index contributed by atoms with van der Waals surface area (Å²) in [6.07, 6.45) is 1.66. The first-order valence-corrected chi connectivity index (χ1v) is 5.89. The summed E-state index contributed by atoms with van der Waals surface area (Å²) in [5, 5.41) is 18.7. The Morgan fingerprint density at radius 3 is 2.88 bits per heavy atom. The van der Waals surface area contributed by atoms with Crippen molar-refractivity contribution in [3.8, 4) is 5.75 Å². The highest BCUT2D eigenvalue weighted by atomic mass is 16.4. The lowest BCUT2D eigenvalue weighted by Crippen LogP contribution is -2.38. The fourth-order valence-corrected chi connectivity index (χ4v) is 2.29. The van der Waals surface area contributed by atoms with Gasteiger partial charge in [0, 0.05) is 18.7 Å². The quantitative estimate of drug-likeness (QED) is 0.837. The lowest BCUT2D eigenvalue weighted by atomic mass is 9.98. The van der Waals surface area contributed by atoms with Crippen LogP contribution in [-0.4, -0.2) is 34.2 Å². The van der Waals surface area contributed by atoms with Gasteiger partial charge in [-0.1, -0.05) is 18.2 Å². The van der Waals surface area contributed by atoms with E-state index >= 15 is 0 Å². The minimum atomic E-state index is -0.716. The zero-order valence-electron chi connectivity index (χ0n) is 9.67. The number of carboxylic acid groups (broad SMARTS) is 1. The van der Waals surface area contributed by atoms with Gasteiger partial charge in [-0.2, -0.15) is 0 Å². The number of piperidine rings is 1. The van der Waals surface area contributed by atoms with Crippen LogP contribution in [0.3, 0.4) is 0 Å². The average molecular weight is 235 g/mol. The summed E-state index contributed by atoms with van der Waals surface area (Å²) in [7, 11) is 0. The summed E-state index contributed by atoms with van der Waals surface area (Å²) < 4.78 is 0. The summed E-state index contributed by atoms with van der Waals surface area (Å²) in [6.45, 7) is 2.10. The van der Waals surface area contributed by atoms with Crippen molar-refractivity contribution < 1.29 is 15.0 Å². The number of nitrogens with zero attached hydrogens (tertiary/aromatic N) is 1. The Labute approximate surface area is 100 Å². The third kappa shape index (κ3) is 2.97. The molecule has 0 bridgehead atoms. The van der Waals surface area contributed by atoms with Gasteiger partial charge in [0.25, 0.3) is 0 Å². The second-order valence-corrected chi connectivity index (χ2v) is 4.54. The number of phenolic OH excluding ortho intramolecular Hbond substituents is 1. The van der Waals surface area contributed by atoms with Crippen LogP contribution in [0.4, 0.5) is 0 Å². The first kappa shape index (κ1) is 11.9. The molecule has 1 aromatic rings. The van der Waals surface area contributed by atoms with Crippen molar-refractivity contribution in [2.75, 3.05) is 13.1 Å². The SMILES string of the molecule is O=C(O)[C@H]1CCCN(Cc2ccccc2O)C1. The van der Waals surface area contributed by atoms with E-state index in [4.69, 9.17) is 5.11 Å². The second-order valence-electron chi connectivity index (χ2n) is 4.54. The number of rotatable bonds is 3. The average Bonchev–Trinajstić information content (AvgIpc) is 2.32. The number of carboxylic acids is 1. The van der Waals surface area contributed by atoms with E-state index in [0.29, 0.717) is 13.1 Å². The molecule has 92 valence electrons. The molecule has 1 aliphatic rings. The van der Waals surface area contributed by atoms with E-state index in [-0.39, 0.29) is 11.7 Å². The molecule has 2 N–H and O–H groups in total. The minimum Gasteiger partial charge on any atom is -0.508 e. The zero-order chi connectivity index (χ0) is 12.3. The highest BCUT2D eigenvalue weighted by molar-refractivity contribution is 5.70. The predicted molar refractivity (Wildman–Crippen MR) is 63.7 cm³/mol. The van der Waals surface area contributed by atoms with Gasteiger partial charge < -0.3 is 10.2 Å². The number of hydrogen-bond acceptors (Lipinski definition) is 3. The van der Waals surface area contributed by atoms with Gasteiger partial charge in [-0.3, -0.25) is 9.69 Å². The van der Waals surface area contributed by atoms with E-state index in [9.17, 15) is 9.90 Å². The van der Waals surface area contributed by atoms with Crippen LogP contribution in [0.5, 0.6) is 5.75 Å². The number of aromatic hydroxyl groups is 1. The summed E-state index contributed by atoms with van der Waals surface area (Å²) in [5.41, 5.74) is 0.860. The molecule has 0 aliphatic carbocycles. The molecule has 1 aliphatic heterocycles. The van der Waals surface area contributed by atoms with Crippen molar-refractivity contribution in [2.24, 2.45) is 5.92 Å². The van der Waals surface area contributed by atoms with E-state index in [1.165, 1.54) is 0 Å². The van der Waals surface area contributed by atoms with Crippen LogP contribution < -0.4 is 0 Å². The van der Waals surface area contributed by atoms with Gasteiger partial charge in [0.15, 0.2) is 0 Å². The Kier molecular flexibility index (Phi) is 3.64. The van der Waals surface area contributed by atoms with Gasteiger partial charge in [-0.05, 0) is 25.5 Å². The minimum absolute atomic E-state index is 0.269. The van der Waals surface area contributed by atoms with Crippen LogP contribution in [0.2, 0.25) is 0 Å². The fraction of sp³-hybridized carbons (Fsp3) is 0.462. The standard InChI is InChI=1S/C13H17NO3/c15-12-6-2-1-4-10(12)8-14-7-3-5-11(9-14)13(16)17/h1-2,4,6,11,15H,3,5,7-9H2,(H,16,17)/t11-/m0/s1. The molecule has 0 unspecified atom stereocenters. The van der Waals surface area contributed by atoms with Crippen molar-refractivity contribution in [3.63, 3.8) is 0 Å². The van der Waals surface area contributed by atoms with Crippen molar-refractivity contribution in [2.45, 2.75) is 19.4 Å². The zero-order valence-corrected chi connectivity index (χ0v) is 9.67. The van der Waals surface area contributed by atoms with Gasteiger partial charge in [0.05, 0.1) is 5.92 Å². The van der Waals surface area contributed by atoms with E-state index in [1.54, 1.807) is 12.1 Å². The first-order valence-electron chi connectivity index (χ1n) is 5.89. The molecule has 2 rings (SSSR count). The molecule has 1 heterocycles. The molecule has 1 atom stereocenters. The monoisotopic (exact) mass is 235 g/mol. The maximum atomic E-state index is 10.9. The second kappa shape index (κ2) is 5.19. The predicted octanol–water partition coefficient (Wildman–Crippen LogP) is 1.69. The van der Waals surface area contributed by atoms with E-state index in [0.717, 1.165) is 24.9 Å². The van der Waals surface area contributed by atoms with Gasteiger partial charge in [-0.15, -0.1) is 0 Å². The van der Waals surface area contributed by atoms with Crippen molar-refractivity contribution >= 4 is 5.97 Å². The van der Waals surface area contributed by atoms with Gasteiger partial charge in [0.2, 0.25) is 0 Å². The van der Waals surface area contributed by atoms with Gasteiger partial charge in [0.1, 0.15) is 5.75 Å². The van der Waals surface area contributed by atoms with E-state index < -0.39 is 5.97 Å². The number of para-hydroxylation sites is 1. The van der Waals surface area contributed by atoms with E-state index in [2.05, 4.69) is 4.90 Å². The summed E-state index contributed by atoms with van der Waals surface area (Å²) in [6, 6.07) is 7.20. The summed E-state index contributed by atoms with van der Waals surface area (Å²) in [4.78, 5) is 13.0. The Morgan fingerprint density at radius 1 is 1.41 bits per heavy atom. The number of aliphatic carboxylic acids is 1. The van der Waals surface area contributed by atoms with Crippen LogP contribution in [0.15, 0.2) is 24.3 Å². The number of hydrogen-bond donors (Lipinski definition) is 2. The van der Waals surface area contributed by atoms with Crippen molar-refractivity contribution in [3.05, 3.63) is 29.8 Å². The van der Waals surface area contributed by atoms with Crippen LogP contribution >= 0.6 is 0 Å². The molecule has 0 radical (unpaired) electrons. The third-order valence-corrected chi connectivity index (χ3v) is 3.24. The molecule has 17 heavy (non-hydrogen) atoms. The number of phenols is 1. The fourth-order valence-electron chi connectivity index (χ4n) is 2.29. The molecule has 0 aromatic heterocycles. The molecule has 4 nitrogen and oxygen atoms in total. The number of carbonyl (C=O) groups is 1. The molecule has 0 saturated carbocycles. The first-order chi connectivity index (χ1) is 8.16.